The fourth-order valence-corrected chi connectivity index (χ4v) is 4.36. The third-order valence-corrected chi connectivity index (χ3v) is 5.47. The van der Waals surface area contributed by atoms with Gasteiger partial charge in [-0.2, -0.15) is 0 Å². The van der Waals surface area contributed by atoms with Crippen molar-refractivity contribution in [2.75, 3.05) is 0 Å². The molecule has 18 heavy (non-hydrogen) atoms. The van der Waals surface area contributed by atoms with Crippen LogP contribution in [0.25, 0.3) is 0 Å². The van der Waals surface area contributed by atoms with Gasteiger partial charge in [0.05, 0.1) is 5.92 Å². The summed E-state index contributed by atoms with van der Waals surface area (Å²) >= 11 is 0. The highest BCUT2D eigenvalue weighted by molar-refractivity contribution is 5.85. The summed E-state index contributed by atoms with van der Waals surface area (Å²) in [6, 6.07) is 0.541. The lowest BCUT2D eigenvalue weighted by Crippen LogP contribution is -2.48. The van der Waals surface area contributed by atoms with Crippen LogP contribution in [0.2, 0.25) is 0 Å². The molecule has 0 aliphatic heterocycles. The maximum Gasteiger partial charge on any atom is 0.225 e. The minimum absolute atomic E-state index is 0. The van der Waals surface area contributed by atoms with Crippen LogP contribution in [-0.2, 0) is 4.79 Å². The maximum absolute atomic E-state index is 12.4. The molecule has 6 atom stereocenters. The first-order chi connectivity index (χ1) is 8.16. The number of nitrogens with one attached hydrogen (secondary N) is 1. The number of rotatable bonds is 2. The van der Waals surface area contributed by atoms with Crippen LogP contribution in [0.15, 0.2) is 0 Å². The molecule has 1 amide bonds. The first-order valence-electron chi connectivity index (χ1n) is 7.22. The molecule has 3 rings (SSSR count). The van der Waals surface area contributed by atoms with Crippen molar-refractivity contribution in [3.63, 3.8) is 0 Å². The zero-order valence-corrected chi connectivity index (χ0v) is 11.9. The Bertz CT molecular complexity index is 321. The van der Waals surface area contributed by atoms with E-state index in [1.54, 1.807) is 0 Å². The summed E-state index contributed by atoms with van der Waals surface area (Å²) in [5.41, 5.74) is 6.21. The second-order valence-corrected chi connectivity index (χ2v) is 6.46. The van der Waals surface area contributed by atoms with Crippen LogP contribution >= 0.6 is 12.4 Å². The van der Waals surface area contributed by atoms with Crippen LogP contribution < -0.4 is 11.1 Å². The van der Waals surface area contributed by atoms with E-state index in [1.165, 1.54) is 32.1 Å². The van der Waals surface area contributed by atoms with Crippen molar-refractivity contribution in [1.29, 1.82) is 0 Å². The SMILES string of the molecule is CC1CCCC1NC(=O)C1C2CCC(C2)C1N.Cl. The summed E-state index contributed by atoms with van der Waals surface area (Å²) < 4.78 is 0. The molecule has 0 aromatic carbocycles. The smallest absolute Gasteiger partial charge is 0.225 e. The molecule has 0 spiro atoms. The summed E-state index contributed by atoms with van der Waals surface area (Å²) in [5, 5.41) is 3.27. The van der Waals surface area contributed by atoms with Gasteiger partial charge in [0.15, 0.2) is 0 Å². The van der Waals surface area contributed by atoms with Gasteiger partial charge < -0.3 is 11.1 Å². The molecule has 3 saturated carbocycles. The average Bonchev–Trinajstić information content (AvgIpc) is 2.95. The maximum atomic E-state index is 12.4. The van der Waals surface area contributed by atoms with Crippen molar-refractivity contribution in [2.24, 2.45) is 29.4 Å². The van der Waals surface area contributed by atoms with Crippen LogP contribution in [0, 0.1) is 23.7 Å². The van der Waals surface area contributed by atoms with Gasteiger partial charge in [-0.05, 0) is 49.9 Å². The third-order valence-electron chi connectivity index (χ3n) is 5.47. The van der Waals surface area contributed by atoms with Gasteiger partial charge in [0.1, 0.15) is 0 Å². The molecule has 3 aliphatic carbocycles. The Morgan fingerprint density at radius 2 is 1.89 bits per heavy atom. The first-order valence-corrected chi connectivity index (χ1v) is 7.22. The van der Waals surface area contributed by atoms with E-state index in [0.29, 0.717) is 23.8 Å². The largest absolute Gasteiger partial charge is 0.353 e. The summed E-state index contributed by atoms with van der Waals surface area (Å²) in [5.74, 6) is 2.21. The van der Waals surface area contributed by atoms with Crippen LogP contribution in [0.3, 0.4) is 0 Å². The zero-order chi connectivity index (χ0) is 12.0. The number of hydrogen-bond acceptors (Lipinski definition) is 2. The standard InChI is InChI=1S/C14H24N2O.ClH/c1-8-3-2-4-11(8)16-14(17)12-9-5-6-10(7-9)13(12)15;/h8-13H,2-7,15H2,1H3,(H,16,17);1H. The molecule has 0 aromatic heterocycles. The van der Waals surface area contributed by atoms with Crippen LogP contribution in [-0.4, -0.2) is 18.0 Å². The minimum atomic E-state index is 0. The molecule has 0 heterocycles. The number of carbonyl (C=O) groups is 1. The van der Waals surface area contributed by atoms with Crippen molar-refractivity contribution < 1.29 is 4.79 Å². The number of fused-ring (bicyclic) bond motifs is 2. The van der Waals surface area contributed by atoms with Crippen molar-refractivity contribution in [3.8, 4) is 0 Å². The van der Waals surface area contributed by atoms with E-state index < -0.39 is 0 Å². The minimum Gasteiger partial charge on any atom is -0.353 e. The van der Waals surface area contributed by atoms with Crippen molar-refractivity contribution in [3.05, 3.63) is 0 Å². The molecule has 0 radical (unpaired) electrons. The highest BCUT2D eigenvalue weighted by atomic mass is 35.5. The van der Waals surface area contributed by atoms with Gasteiger partial charge in [-0.1, -0.05) is 13.3 Å². The molecule has 0 saturated heterocycles. The Morgan fingerprint density at radius 1 is 1.17 bits per heavy atom. The summed E-state index contributed by atoms with van der Waals surface area (Å²) in [6.45, 7) is 2.25. The van der Waals surface area contributed by atoms with E-state index in [4.69, 9.17) is 5.73 Å². The summed E-state index contributed by atoms with van der Waals surface area (Å²) in [4.78, 5) is 12.4. The number of carbonyl (C=O) groups excluding carboxylic acids is 1. The molecule has 3 aliphatic rings. The Morgan fingerprint density at radius 3 is 2.44 bits per heavy atom. The molecule has 6 unspecified atom stereocenters. The molecular formula is C14H25ClN2O. The highest BCUT2D eigenvalue weighted by Crippen LogP contribution is 2.47. The van der Waals surface area contributed by atoms with Gasteiger partial charge in [-0.25, -0.2) is 0 Å². The topological polar surface area (TPSA) is 55.1 Å². The van der Waals surface area contributed by atoms with E-state index >= 15 is 0 Å². The quantitative estimate of drug-likeness (QED) is 0.809. The van der Waals surface area contributed by atoms with Gasteiger partial charge in [-0.15, -0.1) is 12.4 Å². The second-order valence-electron chi connectivity index (χ2n) is 6.46. The molecule has 0 aromatic rings. The van der Waals surface area contributed by atoms with E-state index in [-0.39, 0.29) is 30.3 Å². The zero-order valence-electron chi connectivity index (χ0n) is 11.1. The van der Waals surface area contributed by atoms with Crippen molar-refractivity contribution >= 4 is 18.3 Å². The fraction of sp³-hybridized carbons (Fsp3) is 0.929. The fourth-order valence-electron chi connectivity index (χ4n) is 4.36. The number of hydrogen-bond donors (Lipinski definition) is 2. The third kappa shape index (κ3) is 2.27. The normalized spacial score (nSPS) is 45.9. The Balaban J connectivity index is 0.00000120. The van der Waals surface area contributed by atoms with E-state index in [0.717, 1.165) is 6.42 Å². The van der Waals surface area contributed by atoms with Gasteiger partial charge in [0.2, 0.25) is 5.91 Å². The lowest BCUT2D eigenvalue weighted by atomic mass is 9.84. The van der Waals surface area contributed by atoms with Crippen LogP contribution in [0.5, 0.6) is 0 Å². The molecule has 3 nitrogen and oxygen atoms in total. The van der Waals surface area contributed by atoms with E-state index in [2.05, 4.69) is 12.2 Å². The van der Waals surface area contributed by atoms with E-state index in [9.17, 15) is 4.79 Å². The predicted molar refractivity (Wildman–Crippen MR) is 74.5 cm³/mol. The first kappa shape index (κ1) is 14.1. The Kier molecular flexibility index (Phi) is 4.22. The van der Waals surface area contributed by atoms with Crippen LogP contribution in [0.4, 0.5) is 0 Å². The predicted octanol–water partition coefficient (Wildman–Crippen LogP) is 2.09. The van der Waals surface area contributed by atoms with Gasteiger partial charge in [0, 0.05) is 12.1 Å². The lowest BCUT2D eigenvalue weighted by Gasteiger charge is -2.29. The van der Waals surface area contributed by atoms with Gasteiger partial charge in [0.25, 0.3) is 0 Å². The number of halogens is 1. The van der Waals surface area contributed by atoms with Crippen molar-refractivity contribution in [2.45, 2.75) is 57.5 Å². The average molecular weight is 273 g/mol. The second kappa shape index (κ2) is 5.38. The molecule has 104 valence electrons. The lowest BCUT2D eigenvalue weighted by molar-refractivity contribution is -0.128. The van der Waals surface area contributed by atoms with Crippen LogP contribution in [0.1, 0.15) is 45.4 Å². The monoisotopic (exact) mass is 272 g/mol. The molecule has 3 N–H and O–H groups in total. The van der Waals surface area contributed by atoms with Crippen molar-refractivity contribution in [1.82, 2.24) is 5.32 Å². The Labute approximate surface area is 116 Å². The highest BCUT2D eigenvalue weighted by Gasteiger charge is 2.49. The number of nitrogens with two attached hydrogens (primary N) is 1. The summed E-state index contributed by atoms with van der Waals surface area (Å²) in [6.07, 6.45) is 7.33. The number of amides is 1. The Hall–Kier alpha value is -0.280. The van der Waals surface area contributed by atoms with Gasteiger partial charge in [-0.3, -0.25) is 4.79 Å². The molecule has 4 heteroatoms. The van der Waals surface area contributed by atoms with Gasteiger partial charge >= 0.3 is 0 Å². The van der Waals surface area contributed by atoms with E-state index in [1.807, 2.05) is 0 Å². The summed E-state index contributed by atoms with van der Waals surface area (Å²) in [7, 11) is 0. The molecular weight excluding hydrogens is 248 g/mol. The molecule has 3 fully saturated rings. The molecule has 2 bridgehead atoms.